The molecule has 96 valence electrons. The van der Waals surface area contributed by atoms with Crippen LogP contribution in [-0.4, -0.2) is 37.0 Å². The normalized spacial score (nSPS) is 20.0. The van der Waals surface area contributed by atoms with E-state index in [1.807, 2.05) is 4.90 Å². The fourth-order valence-corrected chi connectivity index (χ4v) is 2.24. The highest BCUT2D eigenvalue weighted by atomic mass is 16.2. The first-order valence-electron chi connectivity index (χ1n) is 6.51. The molecule has 0 aromatic carbocycles. The Bertz CT molecular complexity index is 277. The third-order valence-corrected chi connectivity index (χ3v) is 3.04. The monoisotopic (exact) mass is 237 g/mol. The summed E-state index contributed by atoms with van der Waals surface area (Å²) in [4.78, 5) is 14.2. The van der Waals surface area contributed by atoms with Crippen LogP contribution in [0.1, 0.15) is 33.1 Å². The number of nitrogens with zero attached hydrogens (tertiary/aromatic N) is 2. The quantitative estimate of drug-likeness (QED) is 0.786. The van der Waals surface area contributed by atoms with Crippen LogP contribution in [0.2, 0.25) is 0 Å². The summed E-state index contributed by atoms with van der Waals surface area (Å²) in [5, 5.41) is 11.9. The van der Waals surface area contributed by atoms with Gasteiger partial charge in [-0.25, -0.2) is 0 Å². The van der Waals surface area contributed by atoms with Crippen molar-refractivity contribution in [3.05, 3.63) is 0 Å². The maximum atomic E-state index is 12.3. The van der Waals surface area contributed by atoms with Gasteiger partial charge < -0.3 is 10.2 Å². The van der Waals surface area contributed by atoms with Crippen molar-refractivity contribution in [2.75, 3.05) is 26.2 Å². The molecule has 1 atom stereocenters. The van der Waals surface area contributed by atoms with Crippen molar-refractivity contribution in [1.29, 1.82) is 5.26 Å². The second-order valence-corrected chi connectivity index (χ2v) is 5.13. The molecular weight excluding hydrogens is 214 g/mol. The van der Waals surface area contributed by atoms with Crippen molar-refractivity contribution in [3.8, 4) is 6.07 Å². The lowest BCUT2D eigenvalue weighted by Crippen LogP contribution is -2.44. The van der Waals surface area contributed by atoms with Crippen LogP contribution in [0.25, 0.3) is 0 Å². The fourth-order valence-electron chi connectivity index (χ4n) is 2.24. The Morgan fingerprint density at radius 2 is 2.35 bits per heavy atom. The SMILES string of the molecule is CC(C)CN(CCC#N)C(=O)[C@H]1CCCNC1. The average Bonchev–Trinajstić information content (AvgIpc) is 2.34. The van der Waals surface area contributed by atoms with Gasteiger partial charge in [-0.1, -0.05) is 13.8 Å². The lowest BCUT2D eigenvalue weighted by molar-refractivity contribution is -0.136. The number of carbonyl (C=O) groups excluding carboxylic acids is 1. The van der Waals surface area contributed by atoms with Crippen LogP contribution in [0.4, 0.5) is 0 Å². The third-order valence-electron chi connectivity index (χ3n) is 3.04. The molecule has 1 aliphatic rings. The van der Waals surface area contributed by atoms with Crippen molar-refractivity contribution < 1.29 is 4.79 Å². The maximum Gasteiger partial charge on any atom is 0.227 e. The highest BCUT2D eigenvalue weighted by molar-refractivity contribution is 5.79. The summed E-state index contributed by atoms with van der Waals surface area (Å²) in [5.74, 6) is 0.788. The summed E-state index contributed by atoms with van der Waals surface area (Å²) in [6, 6.07) is 2.12. The number of hydrogen-bond acceptors (Lipinski definition) is 3. The van der Waals surface area contributed by atoms with E-state index in [9.17, 15) is 4.79 Å². The van der Waals surface area contributed by atoms with E-state index in [2.05, 4.69) is 25.2 Å². The van der Waals surface area contributed by atoms with Crippen LogP contribution in [0.15, 0.2) is 0 Å². The number of carbonyl (C=O) groups is 1. The number of rotatable bonds is 5. The molecule has 1 heterocycles. The first kappa shape index (κ1) is 14.0. The Labute approximate surface area is 104 Å². The van der Waals surface area contributed by atoms with Crippen molar-refractivity contribution in [3.63, 3.8) is 0 Å². The Hall–Kier alpha value is -1.08. The van der Waals surface area contributed by atoms with Crippen LogP contribution < -0.4 is 5.32 Å². The van der Waals surface area contributed by atoms with Crippen LogP contribution in [-0.2, 0) is 4.79 Å². The molecule has 0 bridgehead atoms. The van der Waals surface area contributed by atoms with E-state index in [0.717, 1.165) is 32.5 Å². The number of hydrogen-bond donors (Lipinski definition) is 1. The van der Waals surface area contributed by atoms with Crippen molar-refractivity contribution in [2.24, 2.45) is 11.8 Å². The average molecular weight is 237 g/mol. The van der Waals surface area contributed by atoms with E-state index in [-0.39, 0.29) is 11.8 Å². The molecule has 0 spiro atoms. The van der Waals surface area contributed by atoms with Gasteiger partial charge in [-0.3, -0.25) is 4.79 Å². The predicted molar refractivity (Wildman–Crippen MR) is 67.2 cm³/mol. The Morgan fingerprint density at radius 1 is 1.59 bits per heavy atom. The van der Waals surface area contributed by atoms with Gasteiger partial charge in [0.1, 0.15) is 0 Å². The smallest absolute Gasteiger partial charge is 0.227 e. The van der Waals surface area contributed by atoms with Crippen molar-refractivity contribution >= 4 is 5.91 Å². The standard InChI is InChI=1S/C13H23N3O/c1-11(2)10-16(8-4-6-14)13(17)12-5-3-7-15-9-12/h11-12,15H,3-5,7-10H2,1-2H3/t12-/m0/s1. The van der Waals surface area contributed by atoms with Crippen LogP contribution in [0.5, 0.6) is 0 Å². The van der Waals surface area contributed by atoms with Gasteiger partial charge in [-0.05, 0) is 25.3 Å². The van der Waals surface area contributed by atoms with Crippen molar-refractivity contribution in [2.45, 2.75) is 33.1 Å². The second-order valence-electron chi connectivity index (χ2n) is 5.13. The first-order chi connectivity index (χ1) is 8.15. The van der Waals surface area contributed by atoms with Gasteiger partial charge in [0, 0.05) is 19.6 Å². The second kappa shape index (κ2) is 7.29. The Balaban J connectivity index is 2.54. The van der Waals surface area contributed by atoms with Crippen LogP contribution in [0, 0.1) is 23.2 Å². The largest absolute Gasteiger partial charge is 0.341 e. The van der Waals surface area contributed by atoms with Gasteiger partial charge in [0.05, 0.1) is 18.4 Å². The van der Waals surface area contributed by atoms with E-state index < -0.39 is 0 Å². The topological polar surface area (TPSA) is 56.1 Å². The van der Waals surface area contributed by atoms with E-state index in [4.69, 9.17) is 5.26 Å². The van der Waals surface area contributed by atoms with Gasteiger partial charge in [-0.2, -0.15) is 5.26 Å². The molecule has 0 radical (unpaired) electrons. The van der Waals surface area contributed by atoms with E-state index in [1.54, 1.807) is 0 Å². The molecule has 0 unspecified atom stereocenters. The van der Waals surface area contributed by atoms with Gasteiger partial charge in [0.15, 0.2) is 0 Å². The summed E-state index contributed by atoms with van der Waals surface area (Å²) < 4.78 is 0. The van der Waals surface area contributed by atoms with Gasteiger partial charge in [0.2, 0.25) is 5.91 Å². The van der Waals surface area contributed by atoms with E-state index in [1.165, 1.54) is 0 Å². The summed E-state index contributed by atoms with van der Waals surface area (Å²) in [6.07, 6.45) is 2.48. The molecule has 0 aromatic rings. The molecule has 1 fully saturated rings. The molecule has 1 saturated heterocycles. The maximum absolute atomic E-state index is 12.3. The zero-order chi connectivity index (χ0) is 12.7. The highest BCUT2D eigenvalue weighted by Gasteiger charge is 2.25. The van der Waals surface area contributed by atoms with E-state index in [0.29, 0.717) is 18.9 Å². The molecule has 4 heteroatoms. The van der Waals surface area contributed by atoms with E-state index >= 15 is 0 Å². The molecule has 0 saturated carbocycles. The van der Waals surface area contributed by atoms with Crippen molar-refractivity contribution in [1.82, 2.24) is 10.2 Å². The highest BCUT2D eigenvalue weighted by Crippen LogP contribution is 2.14. The molecule has 17 heavy (non-hydrogen) atoms. The summed E-state index contributed by atoms with van der Waals surface area (Å²) in [7, 11) is 0. The molecular formula is C13H23N3O. The third kappa shape index (κ3) is 4.74. The number of amides is 1. The lowest BCUT2D eigenvalue weighted by atomic mass is 9.97. The van der Waals surface area contributed by atoms with Gasteiger partial charge in [0.25, 0.3) is 0 Å². The molecule has 4 nitrogen and oxygen atoms in total. The first-order valence-corrected chi connectivity index (χ1v) is 6.51. The summed E-state index contributed by atoms with van der Waals surface area (Å²) >= 11 is 0. The fraction of sp³-hybridized carbons (Fsp3) is 0.846. The van der Waals surface area contributed by atoms with Gasteiger partial charge >= 0.3 is 0 Å². The number of nitriles is 1. The Morgan fingerprint density at radius 3 is 2.88 bits per heavy atom. The summed E-state index contributed by atoms with van der Waals surface area (Å²) in [5.41, 5.74) is 0. The van der Waals surface area contributed by atoms with Crippen LogP contribution >= 0.6 is 0 Å². The molecule has 0 aromatic heterocycles. The zero-order valence-electron chi connectivity index (χ0n) is 10.9. The lowest BCUT2D eigenvalue weighted by Gasteiger charge is -2.30. The molecule has 1 amide bonds. The number of nitrogens with one attached hydrogen (secondary N) is 1. The minimum atomic E-state index is 0.112. The summed E-state index contributed by atoms with van der Waals surface area (Å²) in [6.45, 7) is 7.35. The number of piperidine rings is 1. The van der Waals surface area contributed by atoms with Gasteiger partial charge in [-0.15, -0.1) is 0 Å². The molecule has 0 aliphatic carbocycles. The minimum absolute atomic E-state index is 0.112. The Kier molecular flexibility index (Phi) is 5.99. The zero-order valence-corrected chi connectivity index (χ0v) is 10.9. The molecule has 1 rings (SSSR count). The minimum Gasteiger partial charge on any atom is -0.341 e. The predicted octanol–water partition coefficient (Wildman–Crippen LogP) is 1.38. The molecule has 1 aliphatic heterocycles. The molecule has 1 N–H and O–H groups in total. The van der Waals surface area contributed by atoms with Crippen LogP contribution in [0.3, 0.4) is 0 Å².